The molecular weight excluding hydrogens is 398 g/mol. The van der Waals surface area contributed by atoms with Crippen LogP contribution < -0.4 is 10.6 Å². The van der Waals surface area contributed by atoms with Gasteiger partial charge in [-0.15, -0.1) is 0 Å². The van der Waals surface area contributed by atoms with Gasteiger partial charge in [0.1, 0.15) is 24.1 Å². The zero-order valence-corrected chi connectivity index (χ0v) is 17.4. The molecule has 0 aromatic heterocycles. The summed E-state index contributed by atoms with van der Waals surface area (Å²) in [4.78, 5) is 12.6. The van der Waals surface area contributed by atoms with Crippen LogP contribution >= 0.6 is 0 Å². The molecule has 0 radical (unpaired) electrons. The fraction of sp³-hybridized carbons (Fsp3) is 0.375. The summed E-state index contributed by atoms with van der Waals surface area (Å²) in [5.74, 6) is -1.42. The van der Waals surface area contributed by atoms with Crippen molar-refractivity contribution in [2.75, 3.05) is 0 Å². The maximum Gasteiger partial charge on any atom is 0.238 e. The first kappa shape index (κ1) is 22.4. The quantitative estimate of drug-likeness (QED) is 0.770. The van der Waals surface area contributed by atoms with Crippen molar-refractivity contribution in [2.45, 2.75) is 51.0 Å². The highest BCUT2D eigenvalue weighted by atomic mass is 19.1. The molecule has 1 amide bonds. The van der Waals surface area contributed by atoms with E-state index in [9.17, 15) is 18.8 Å². The average molecular weight is 422 g/mol. The minimum atomic E-state index is -1.06. The number of nitriles is 2. The van der Waals surface area contributed by atoms with Crippen molar-refractivity contribution in [3.63, 3.8) is 0 Å². The van der Waals surface area contributed by atoms with Gasteiger partial charge in [0.2, 0.25) is 5.91 Å². The van der Waals surface area contributed by atoms with Crippen LogP contribution in [0.2, 0.25) is 0 Å². The molecule has 31 heavy (non-hydrogen) atoms. The van der Waals surface area contributed by atoms with E-state index in [2.05, 4.69) is 16.7 Å². The van der Waals surface area contributed by atoms with Crippen molar-refractivity contribution in [3.8, 4) is 23.3 Å². The molecule has 5 atom stereocenters. The summed E-state index contributed by atoms with van der Waals surface area (Å²) in [6.45, 7) is 3.53. The van der Waals surface area contributed by atoms with Crippen LogP contribution in [0.1, 0.15) is 31.4 Å². The zero-order chi connectivity index (χ0) is 22.5. The minimum absolute atomic E-state index is 0.0109. The molecule has 2 aromatic carbocycles. The molecule has 1 aliphatic heterocycles. The van der Waals surface area contributed by atoms with Crippen molar-refractivity contribution in [1.29, 1.82) is 10.5 Å². The molecule has 1 fully saturated rings. The van der Waals surface area contributed by atoms with Gasteiger partial charge in [0.25, 0.3) is 0 Å². The number of nitrogens with zero attached hydrogens (tertiary/aromatic N) is 2. The number of halogens is 2. The fourth-order valence-electron chi connectivity index (χ4n) is 3.85. The Labute approximate surface area is 180 Å². The van der Waals surface area contributed by atoms with Gasteiger partial charge < -0.3 is 10.6 Å². The van der Waals surface area contributed by atoms with E-state index in [1.165, 1.54) is 12.1 Å². The zero-order valence-electron chi connectivity index (χ0n) is 17.4. The van der Waals surface area contributed by atoms with Gasteiger partial charge >= 0.3 is 0 Å². The topological polar surface area (TPSA) is 88.7 Å². The van der Waals surface area contributed by atoms with Gasteiger partial charge in [-0.05, 0) is 42.2 Å². The van der Waals surface area contributed by atoms with E-state index < -0.39 is 30.0 Å². The summed E-state index contributed by atoms with van der Waals surface area (Å²) >= 11 is 0. The maximum atomic E-state index is 14.1. The highest BCUT2D eigenvalue weighted by Gasteiger charge is 2.37. The van der Waals surface area contributed by atoms with Gasteiger partial charge in [-0.2, -0.15) is 10.5 Å². The number of piperidine rings is 1. The van der Waals surface area contributed by atoms with E-state index in [0.29, 0.717) is 18.4 Å². The summed E-state index contributed by atoms with van der Waals surface area (Å²) in [6, 6.07) is 14.0. The molecule has 0 saturated carbocycles. The van der Waals surface area contributed by atoms with E-state index in [1.54, 1.807) is 31.2 Å². The predicted octanol–water partition coefficient (Wildman–Crippen LogP) is 3.64. The Hall–Kier alpha value is -3.29. The number of carbonyl (C=O) groups is 1. The van der Waals surface area contributed by atoms with Gasteiger partial charge in [-0.1, -0.05) is 37.3 Å². The van der Waals surface area contributed by atoms with Crippen LogP contribution in [-0.2, 0) is 11.2 Å². The molecule has 0 bridgehead atoms. The van der Waals surface area contributed by atoms with E-state index in [-0.39, 0.29) is 17.5 Å². The third-order valence-electron chi connectivity index (χ3n) is 5.71. The molecule has 7 heteroatoms. The number of amides is 1. The number of alkyl halides is 1. The second-order valence-corrected chi connectivity index (χ2v) is 8.05. The molecule has 5 nitrogen and oxygen atoms in total. The Kier molecular flexibility index (Phi) is 6.99. The molecular formula is C24H24F2N4O. The smallest absolute Gasteiger partial charge is 0.238 e. The number of carbonyl (C=O) groups excluding carboxylic acids is 1. The second kappa shape index (κ2) is 9.68. The van der Waals surface area contributed by atoms with Crippen LogP contribution in [0, 0.1) is 34.4 Å². The number of nitrogens with one attached hydrogen (secondary N) is 2. The van der Waals surface area contributed by atoms with Crippen LogP contribution in [0.5, 0.6) is 0 Å². The molecule has 0 aliphatic carbocycles. The molecule has 0 spiro atoms. The van der Waals surface area contributed by atoms with Crippen LogP contribution in [-0.4, -0.2) is 30.2 Å². The molecule has 2 N–H and O–H groups in total. The van der Waals surface area contributed by atoms with Gasteiger partial charge in [0.05, 0.1) is 17.7 Å². The fourth-order valence-corrected chi connectivity index (χ4v) is 3.85. The van der Waals surface area contributed by atoms with Crippen molar-refractivity contribution >= 4 is 5.91 Å². The van der Waals surface area contributed by atoms with Crippen molar-refractivity contribution in [3.05, 3.63) is 59.4 Å². The van der Waals surface area contributed by atoms with E-state index in [4.69, 9.17) is 5.26 Å². The lowest BCUT2D eigenvalue weighted by molar-refractivity contribution is -0.126. The Morgan fingerprint density at radius 2 is 1.87 bits per heavy atom. The number of rotatable bonds is 5. The summed E-state index contributed by atoms with van der Waals surface area (Å²) in [5.41, 5.74) is 2.22. The van der Waals surface area contributed by atoms with Crippen molar-refractivity contribution in [2.24, 2.45) is 5.92 Å². The van der Waals surface area contributed by atoms with Crippen molar-refractivity contribution in [1.82, 2.24) is 10.6 Å². The van der Waals surface area contributed by atoms with Crippen LogP contribution in [0.15, 0.2) is 42.5 Å². The molecule has 3 rings (SSSR count). The van der Waals surface area contributed by atoms with Gasteiger partial charge in [-0.3, -0.25) is 4.79 Å². The Balaban J connectivity index is 1.65. The largest absolute Gasteiger partial charge is 0.339 e. The minimum Gasteiger partial charge on any atom is -0.339 e. The molecule has 2 aromatic rings. The molecule has 1 saturated heterocycles. The average Bonchev–Trinajstić information content (AvgIpc) is 2.76. The maximum absolute atomic E-state index is 14.1. The monoisotopic (exact) mass is 422 g/mol. The summed E-state index contributed by atoms with van der Waals surface area (Å²) in [7, 11) is 0. The lowest BCUT2D eigenvalue weighted by Gasteiger charge is -2.36. The number of hydrogen-bond donors (Lipinski definition) is 2. The van der Waals surface area contributed by atoms with Crippen molar-refractivity contribution < 1.29 is 13.6 Å². The standard InChI is InChI=1S/C24H24F2N4O/c1-14-9-21(25)15(2)23(29-14)24(31)30-20(13-28)10-16-3-5-17(6-4-16)18-7-8-19(12-27)22(26)11-18/h3-8,11,14-15,20-21,23,29H,9-10H2,1-2H3,(H,30,31)/t14-,15+,20-,21-,23-/m0/s1. The first-order valence-corrected chi connectivity index (χ1v) is 10.2. The second-order valence-electron chi connectivity index (χ2n) is 8.05. The third kappa shape index (κ3) is 5.25. The Morgan fingerprint density at radius 1 is 1.19 bits per heavy atom. The Bertz CT molecular complexity index is 1030. The number of benzene rings is 2. The number of hydrogen-bond acceptors (Lipinski definition) is 4. The first-order chi connectivity index (χ1) is 14.8. The summed E-state index contributed by atoms with van der Waals surface area (Å²) in [6.07, 6.45) is -0.408. The highest BCUT2D eigenvalue weighted by Crippen LogP contribution is 2.24. The van der Waals surface area contributed by atoms with Gasteiger partial charge in [0.15, 0.2) is 0 Å². The molecule has 1 aliphatic rings. The van der Waals surface area contributed by atoms with E-state index >= 15 is 0 Å². The first-order valence-electron chi connectivity index (χ1n) is 10.2. The normalized spacial score (nSPS) is 23.9. The van der Waals surface area contributed by atoms with Crippen LogP contribution in [0.25, 0.3) is 11.1 Å². The lowest BCUT2D eigenvalue weighted by atomic mass is 9.87. The molecule has 160 valence electrons. The van der Waals surface area contributed by atoms with Crippen LogP contribution in [0.3, 0.4) is 0 Å². The van der Waals surface area contributed by atoms with Gasteiger partial charge in [0, 0.05) is 18.4 Å². The third-order valence-corrected chi connectivity index (χ3v) is 5.71. The summed E-state index contributed by atoms with van der Waals surface area (Å²) < 4.78 is 28.0. The summed E-state index contributed by atoms with van der Waals surface area (Å²) in [5, 5.41) is 24.2. The van der Waals surface area contributed by atoms with Crippen LogP contribution in [0.4, 0.5) is 8.78 Å². The van der Waals surface area contributed by atoms with Gasteiger partial charge in [-0.25, -0.2) is 8.78 Å². The predicted molar refractivity (Wildman–Crippen MR) is 113 cm³/mol. The molecule has 0 unspecified atom stereocenters. The Morgan fingerprint density at radius 3 is 2.48 bits per heavy atom. The lowest BCUT2D eigenvalue weighted by Crippen LogP contribution is -2.58. The van der Waals surface area contributed by atoms with E-state index in [1.807, 2.05) is 19.1 Å². The highest BCUT2D eigenvalue weighted by molar-refractivity contribution is 5.83. The SMILES string of the molecule is C[C@H]1[C@@H](C(=O)N[C@H](C#N)Cc2ccc(-c3ccc(C#N)c(F)c3)cc2)N[C@@H](C)C[C@@H]1F. The van der Waals surface area contributed by atoms with E-state index in [0.717, 1.165) is 11.1 Å². The molecule has 1 heterocycles.